The van der Waals surface area contributed by atoms with Gasteiger partial charge in [0, 0.05) is 59.5 Å². The highest BCUT2D eigenvalue weighted by atomic mass is 16.5. The van der Waals surface area contributed by atoms with Crippen molar-refractivity contribution in [1.29, 1.82) is 0 Å². The topological polar surface area (TPSA) is 84.8 Å². The summed E-state index contributed by atoms with van der Waals surface area (Å²) in [6, 6.07) is 0. The van der Waals surface area contributed by atoms with E-state index in [1.807, 2.05) is 0 Å². The molecule has 0 fully saturated rings. The zero-order valence-corrected chi connectivity index (χ0v) is 26.1. The number of aliphatic hydroxyl groups is 1. The molecule has 0 aromatic carbocycles. The van der Waals surface area contributed by atoms with Crippen LogP contribution in [0.2, 0.25) is 0 Å². The standard InChI is InChI=1S/C31H64O8/c1-5-7-8-9-10-11-16-33-17-12-18-34-19-13-20-35-21-14-22-36-23-15-24-37-25-26-38-27-30(32)28-39-29-31(3,4)6-2/h30,32H,5-29H2,1-4H3. The summed E-state index contributed by atoms with van der Waals surface area (Å²) in [6.07, 6.45) is 11.9. The van der Waals surface area contributed by atoms with Gasteiger partial charge in [-0.05, 0) is 43.9 Å². The molecule has 1 N–H and O–H groups in total. The van der Waals surface area contributed by atoms with Crippen LogP contribution in [-0.2, 0) is 33.2 Å². The fourth-order valence-electron chi connectivity index (χ4n) is 3.51. The lowest BCUT2D eigenvalue weighted by Gasteiger charge is -2.23. The fourth-order valence-corrected chi connectivity index (χ4v) is 3.51. The summed E-state index contributed by atoms with van der Waals surface area (Å²) in [5.41, 5.74) is 0.143. The maximum absolute atomic E-state index is 9.89. The second kappa shape index (κ2) is 30.6. The summed E-state index contributed by atoms with van der Waals surface area (Å²) < 4.78 is 39.1. The molecule has 0 heterocycles. The zero-order chi connectivity index (χ0) is 28.7. The smallest absolute Gasteiger partial charge is 0.101 e. The summed E-state index contributed by atoms with van der Waals surface area (Å²) in [5, 5.41) is 9.89. The Labute approximate surface area is 240 Å². The minimum Gasteiger partial charge on any atom is -0.388 e. The molecule has 0 aromatic heterocycles. The molecule has 0 aliphatic carbocycles. The van der Waals surface area contributed by atoms with Crippen LogP contribution in [0.5, 0.6) is 0 Å². The van der Waals surface area contributed by atoms with Crippen LogP contribution in [0.4, 0.5) is 0 Å². The molecule has 0 saturated carbocycles. The normalized spacial score (nSPS) is 12.8. The first-order chi connectivity index (χ1) is 19.0. The Morgan fingerprint density at radius 2 is 0.846 bits per heavy atom. The van der Waals surface area contributed by atoms with E-state index in [0.717, 1.165) is 65.1 Å². The van der Waals surface area contributed by atoms with Crippen molar-refractivity contribution in [1.82, 2.24) is 0 Å². The molecule has 8 heteroatoms. The van der Waals surface area contributed by atoms with Gasteiger partial charge in [-0.1, -0.05) is 59.8 Å². The highest BCUT2D eigenvalue weighted by Crippen LogP contribution is 2.19. The number of unbranched alkanes of at least 4 members (excludes halogenated alkanes) is 5. The van der Waals surface area contributed by atoms with E-state index in [1.54, 1.807) is 0 Å². The first-order valence-corrected chi connectivity index (χ1v) is 15.7. The van der Waals surface area contributed by atoms with Gasteiger partial charge in [0.25, 0.3) is 0 Å². The summed E-state index contributed by atoms with van der Waals surface area (Å²) in [6.45, 7) is 17.5. The van der Waals surface area contributed by atoms with E-state index < -0.39 is 6.10 Å². The summed E-state index contributed by atoms with van der Waals surface area (Å²) in [7, 11) is 0. The van der Waals surface area contributed by atoms with E-state index in [1.165, 1.54) is 38.5 Å². The molecule has 0 aliphatic rings. The zero-order valence-electron chi connectivity index (χ0n) is 26.1. The van der Waals surface area contributed by atoms with E-state index in [9.17, 15) is 5.11 Å². The molecule has 0 amide bonds. The van der Waals surface area contributed by atoms with Crippen molar-refractivity contribution in [3.63, 3.8) is 0 Å². The van der Waals surface area contributed by atoms with Crippen molar-refractivity contribution in [2.75, 3.05) is 92.5 Å². The molecule has 0 rings (SSSR count). The third kappa shape index (κ3) is 32.1. The molecule has 8 nitrogen and oxygen atoms in total. The quantitative estimate of drug-likeness (QED) is 0.0999. The maximum Gasteiger partial charge on any atom is 0.101 e. The number of aliphatic hydroxyl groups excluding tert-OH is 1. The summed E-state index contributed by atoms with van der Waals surface area (Å²) in [5.74, 6) is 0. The lowest BCUT2D eigenvalue weighted by atomic mass is 9.92. The van der Waals surface area contributed by atoms with Gasteiger partial charge in [-0.3, -0.25) is 0 Å². The van der Waals surface area contributed by atoms with Crippen molar-refractivity contribution in [2.45, 2.75) is 104 Å². The Hall–Kier alpha value is -0.320. The molecule has 1 atom stereocenters. The molecule has 0 saturated heterocycles. The van der Waals surface area contributed by atoms with E-state index in [2.05, 4.69) is 27.7 Å². The Morgan fingerprint density at radius 1 is 0.462 bits per heavy atom. The molecule has 0 bridgehead atoms. The predicted molar refractivity (Wildman–Crippen MR) is 158 cm³/mol. The fraction of sp³-hybridized carbons (Fsp3) is 1.00. The van der Waals surface area contributed by atoms with Crippen LogP contribution in [0.3, 0.4) is 0 Å². The minimum atomic E-state index is -0.599. The number of hydrogen-bond donors (Lipinski definition) is 1. The van der Waals surface area contributed by atoms with Gasteiger partial charge in [0.1, 0.15) is 6.10 Å². The molecule has 1 unspecified atom stereocenters. The second-order valence-corrected chi connectivity index (χ2v) is 11.0. The maximum atomic E-state index is 9.89. The van der Waals surface area contributed by atoms with Crippen molar-refractivity contribution < 1.29 is 38.3 Å². The van der Waals surface area contributed by atoms with Gasteiger partial charge >= 0.3 is 0 Å². The molecular formula is C31H64O8. The van der Waals surface area contributed by atoms with Gasteiger partial charge in [0.15, 0.2) is 0 Å². The third-order valence-electron chi connectivity index (χ3n) is 6.39. The lowest BCUT2D eigenvalue weighted by Crippen LogP contribution is -2.26. The largest absolute Gasteiger partial charge is 0.388 e. The summed E-state index contributed by atoms with van der Waals surface area (Å²) in [4.78, 5) is 0. The molecule has 0 aromatic rings. The Bertz CT molecular complexity index is 464. The number of ether oxygens (including phenoxy) is 7. The van der Waals surface area contributed by atoms with Crippen LogP contribution in [-0.4, -0.2) is 104 Å². The first kappa shape index (κ1) is 38.7. The highest BCUT2D eigenvalue weighted by molar-refractivity contribution is 4.65. The third-order valence-corrected chi connectivity index (χ3v) is 6.39. The van der Waals surface area contributed by atoms with E-state index in [0.29, 0.717) is 52.9 Å². The number of rotatable bonds is 33. The predicted octanol–water partition coefficient (Wildman–Crippen LogP) is 5.82. The van der Waals surface area contributed by atoms with E-state index in [4.69, 9.17) is 33.2 Å². The molecule has 236 valence electrons. The minimum absolute atomic E-state index is 0.143. The average Bonchev–Trinajstić information content (AvgIpc) is 2.92. The van der Waals surface area contributed by atoms with Crippen molar-refractivity contribution in [3.05, 3.63) is 0 Å². The van der Waals surface area contributed by atoms with Crippen molar-refractivity contribution in [2.24, 2.45) is 5.41 Å². The molecule has 39 heavy (non-hydrogen) atoms. The number of hydrogen-bond acceptors (Lipinski definition) is 8. The monoisotopic (exact) mass is 564 g/mol. The van der Waals surface area contributed by atoms with Gasteiger partial charge in [-0.15, -0.1) is 0 Å². The van der Waals surface area contributed by atoms with Crippen LogP contribution >= 0.6 is 0 Å². The summed E-state index contributed by atoms with van der Waals surface area (Å²) >= 11 is 0. The van der Waals surface area contributed by atoms with Crippen molar-refractivity contribution >= 4 is 0 Å². The molecule has 0 radical (unpaired) electrons. The average molecular weight is 565 g/mol. The van der Waals surface area contributed by atoms with Gasteiger partial charge in [-0.2, -0.15) is 0 Å². The first-order valence-electron chi connectivity index (χ1n) is 15.7. The Balaban J connectivity index is 3.13. The van der Waals surface area contributed by atoms with Crippen LogP contribution in [0.15, 0.2) is 0 Å². The van der Waals surface area contributed by atoms with E-state index >= 15 is 0 Å². The van der Waals surface area contributed by atoms with Gasteiger partial charge in [0.05, 0.1) is 33.0 Å². The van der Waals surface area contributed by atoms with Crippen LogP contribution in [0.25, 0.3) is 0 Å². The van der Waals surface area contributed by atoms with Crippen molar-refractivity contribution in [3.8, 4) is 0 Å². The Morgan fingerprint density at radius 3 is 1.33 bits per heavy atom. The lowest BCUT2D eigenvalue weighted by molar-refractivity contribution is -0.0457. The Kier molecular flexibility index (Phi) is 30.4. The second-order valence-electron chi connectivity index (χ2n) is 11.0. The van der Waals surface area contributed by atoms with Crippen LogP contribution < -0.4 is 0 Å². The molecular weight excluding hydrogens is 500 g/mol. The van der Waals surface area contributed by atoms with Crippen LogP contribution in [0, 0.1) is 5.41 Å². The molecule has 0 aliphatic heterocycles. The van der Waals surface area contributed by atoms with Gasteiger partial charge in [-0.25, -0.2) is 0 Å². The molecule has 0 spiro atoms. The van der Waals surface area contributed by atoms with Crippen LogP contribution in [0.1, 0.15) is 98.3 Å². The SMILES string of the molecule is CCCCCCCCOCCCOCCCOCCCOCCCOCCOCC(O)COCC(C)(C)CC. The van der Waals surface area contributed by atoms with Gasteiger partial charge in [0.2, 0.25) is 0 Å². The highest BCUT2D eigenvalue weighted by Gasteiger charge is 2.16. The van der Waals surface area contributed by atoms with E-state index in [-0.39, 0.29) is 12.0 Å². The van der Waals surface area contributed by atoms with Gasteiger partial charge < -0.3 is 38.3 Å².